The number of benzene rings is 2. The van der Waals surface area contributed by atoms with Crippen molar-refractivity contribution in [3.05, 3.63) is 53.8 Å². The molecule has 0 bridgehead atoms. The summed E-state index contributed by atoms with van der Waals surface area (Å²) in [6.45, 7) is 7.27. The Bertz CT molecular complexity index is 956. The van der Waals surface area contributed by atoms with E-state index in [1.807, 2.05) is 36.6 Å². The highest BCUT2D eigenvalue weighted by Crippen LogP contribution is 2.31. The maximum Gasteiger partial charge on any atom is 0.260 e. The van der Waals surface area contributed by atoms with Crippen LogP contribution >= 0.6 is 23.1 Å². The number of amides is 1. The number of hydrogen-bond acceptors (Lipinski definition) is 5. The number of anilines is 1. The summed E-state index contributed by atoms with van der Waals surface area (Å²) in [5, 5.41) is 0.534. The van der Waals surface area contributed by atoms with Gasteiger partial charge in [0.2, 0.25) is 0 Å². The smallest absolute Gasteiger partial charge is 0.260 e. The molecule has 1 amide bonds. The number of aromatic nitrogens is 1. The monoisotopic (exact) mass is 417 g/mol. The van der Waals surface area contributed by atoms with Crippen molar-refractivity contribution in [1.82, 2.24) is 9.88 Å². The Hall–Kier alpha value is -1.96. The largest absolute Gasteiger partial charge is 0.302 e. The van der Waals surface area contributed by atoms with Crippen LogP contribution in [0.15, 0.2) is 47.4 Å². The second-order valence-corrected chi connectivity index (χ2v) is 8.19. The summed E-state index contributed by atoms with van der Waals surface area (Å²) in [6.07, 6.45) is 1.98. The molecule has 4 nitrogen and oxygen atoms in total. The minimum absolute atomic E-state index is 0.109. The van der Waals surface area contributed by atoms with Crippen molar-refractivity contribution in [2.24, 2.45) is 0 Å². The maximum atomic E-state index is 14.1. The van der Waals surface area contributed by atoms with Crippen LogP contribution in [0.5, 0.6) is 0 Å². The van der Waals surface area contributed by atoms with Gasteiger partial charge < -0.3 is 4.90 Å². The Labute approximate surface area is 173 Å². The van der Waals surface area contributed by atoms with Gasteiger partial charge in [0.1, 0.15) is 11.3 Å². The lowest BCUT2D eigenvalue weighted by Crippen LogP contribution is -2.38. The molecule has 0 fully saturated rings. The van der Waals surface area contributed by atoms with Crippen molar-refractivity contribution in [1.29, 1.82) is 0 Å². The van der Waals surface area contributed by atoms with Gasteiger partial charge in [-0.1, -0.05) is 37.3 Å². The van der Waals surface area contributed by atoms with Crippen LogP contribution in [0.25, 0.3) is 10.2 Å². The summed E-state index contributed by atoms with van der Waals surface area (Å²) >= 11 is 2.95. The fourth-order valence-electron chi connectivity index (χ4n) is 3.00. The summed E-state index contributed by atoms with van der Waals surface area (Å²) in [4.78, 5) is 22.8. The molecule has 1 heterocycles. The van der Waals surface area contributed by atoms with E-state index in [2.05, 4.69) is 23.7 Å². The number of nitrogens with zero attached hydrogens (tertiary/aromatic N) is 3. The third kappa shape index (κ3) is 4.54. The van der Waals surface area contributed by atoms with E-state index in [0.717, 1.165) is 29.2 Å². The zero-order valence-electron chi connectivity index (χ0n) is 16.3. The Morgan fingerprint density at radius 2 is 1.89 bits per heavy atom. The van der Waals surface area contributed by atoms with E-state index in [1.165, 1.54) is 17.4 Å². The molecule has 1 aromatic heterocycles. The molecule has 0 aliphatic rings. The molecule has 0 spiro atoms. The molecule has 0 saturated heterocycles. The first-order valence-electron chi connectivity index (χ1n) is 9.30. The molecular weight excluding hydrogens is 393 g/mol. The van der Waals surface area contributed by atoms with E-state index >= 15 is 0 Å². The molecule has 0 aliphatic heterocycles. The van der Waals surface area contributed by atoms with Crippen molar-refractivity contribution in [3.63, 3.8) is 0 Å². The van der Waals surface area contributed by atoms with Crippen LogP contribution in [0.3, 0.4) is 0 Å². The minimum atomic E-state index is -0.361. The highest BCUT2D eigenvalue weighted by Gasteiger charge is 2.22. The van der Waals surface area contributed by atoms with Crippen molar-refractivity contribution in [3.8, 4) is 0 Å². The highest BCUT2D eigenvalue weighted by molar-refractivity contribution is 7.98. The average Bonchev–Trinajstić information content (AvgIpc) is 3.16. The average molecular weight is 418 g/mol. The Morgan fingerprint density at radius 1 is 1.14 bits per heavy atom. The fraction of sp³-hybridized carbons (Fsp3) is 0.333. The van der Waals surface area contributed by atoms with Crippen molar-refractivity contribution < 1.29 is 9.18 Å². The number of likely N-dealkylation sites (N-methyl/N-ethyl adjacent to an activating group) is 1. The molecular formula is C21H24FN3OS2. The van der Waals surface area contributed by atoms with E-state index in [-0.39, 0.29) is 11.7 Å². The van der Waals surface area contributed by atoms with Gasteiger partial charge in [-0.2, -0.15) is 0 Å². The second-order valence-electron chi connectivity index (χ2n) is 6.30. The predicted molar refractivity (Wildman–Crippen MR) is 117 cm³/mol. The number of rotatable bonds is 8. The summed E-state index contributed by atoms with van der Waals surface area (Å²) in [5.74, 6) is -0.469. The number of carbonyl (C=O) groups excluding carboxylic acids is 1. The molecule has 0 aliphatic carbocycles. The Kier molecular flexibility index (Phi) is 7.04. The van der Waals surface area contributed by atoms with Gasteiger partial charge >= 0.3 is 0 Å². The zero-order chi connectivity index (χ0) is 20.1. The molecule has 0 atom stereocenters. The van der Waals surface area contributed by atoms with Gasteiger partial charge in [0.15, 0.2) is 5.13 Å². The Morgan fingerprint density at radius 3 is 2.57 bits per heavy atom. The summed E-state index contributed by atoms with van der Waals surface area (Å²) in [7, 11) is 0. The number of para-hydroxylation sites is 1. The van der Waals surface area contributed by atoms with Gasteiger partial charge in [-0.15, -0.1) is 11.8 Å². The maximum absolute atomic E-state index is 14.1. The number of thioether (sulfide) groups is 1. The van der Waals surface area contributed by atoms with E-state index in [4.69, 9.17) is 0 Å². The van der Waals surface area contributed by atoms with E-state index < -0.39 is 0 Å². The van der Waals surface area contributed by atoms with Gasteiger partial charge in [-0.25, -0.2) is 9.37 Å². The van der Waals surface area contributed by atoms with Crippen LogP contribution in [0.1, 0.15) is 24.2 Å². The predicted octanol–water partition coefficient (Wildman–Crippen LogP) is 5.15. The number of thiazole rings is 1. The molecule has 7 heteroatoms. The molecule has 3 rings (SSSR count). The minimum Gasteiger partial charge on any atom is -0.302 e. The lowest BCUT2D eigenvalue weighted by atomic mass is 10.2. The van der Waals surface area contributed by atoms with Gasteiger partial charge in [-0.3, -0.25) is 9.69 Å². The summed E-state index contributed by atoms with van der Waals surface area (Å²) in [5.41, 5.74) is 0.937. The van der Waals surface area contributed by atoms with Crippen molar-refractivity contribution in [2.75, 3.05) is 37.3 Å². The fourth-order valence-corrected chi connectivity index (χ4v) is 4.46. The number of carbonyl (C=O) groups is 1. The van der Waals surface area contributed by atoms with Gasteiger partial charge in [0.05, 0.1) is 4.70 Å². The topological polar surface area (TPSA) is 36.4 Å². The SMILES string of the molecule is CCN(CC)CCN(C(=O)c1cccc(SC)c1)c1nc2c(F)cccc2s1. The third-order valence-electron chi connectivity index (χ3n) is 4.69. The van der Waals surface area contributed by atoms with Gasteiger partial charge in [0, 0.05) is 23.5 Å². The molecule has 0 radical (unpaired) electrons. The lowest BCUT2D eigenvalue weighted by Gasteiger charge is -2.24. The van der Waals surface area contributed by atoms with Crippen LogP contribution in [0.4, 0.5) is 9.52 Å². The number of hydrogen-bond donors (Lipinski definition) is 0. The van der Waals surface area contributed by atoms with Crippen LogP contribution in [0.2, 0.25) is 0 Å². The molecule has 28 heavy (non-hydrogen) atoms. The van der Waals surface area contributed by atoms with E-state index in [0.29, 0.717) is 22.8 Å². The standard InChI is InChI=1S/C21H24FN3OS2/c1-4-24(5-2)12-13-25(20(26)15-8-6-9-16(14-15)27-3)21-23-19-17(22)10-7-11-18(19)28-21/h6-11,14H,4-5,12-13H2,1-3H3. The van der Waals surface area contributed by atoms with Gasteiger partial charge in [-0.05, 0) is 49.7 Å². The van der Waals surface area contributed by atoms with Crippen LogP contribution in [-0.2, 0) is 0 Å². The molecule has 0 saturated carbocycles. The second kappa shape index (κ2) is 9.49. The Balaban J connectivity index is 1.97. The summed E-state index contributed by atoms with van der Waals surface area (Å²) in [6, 6.07) is 12.5. The quantitative estimate of drug-likeness (QED) is 0.475. The molecule has 2 aromatic carbocycles. The normalized spacial score (nSPS) is 11.3. The molecule has 0 N–H and O–H groups in total. The zero-order valence-corrected chi connectivity index (χ0v) is 17.9. The first kappa shape index (κ1) is 20.8. The highest BCUT2D eigenvalue weighted by atomic mass is 32.2. The van der Waals surface area contributed by atoms with E-state index in [9.17, 15) is 9.18 Å². The lowest BCUT2D eigenvalue weighted by molar-refractivity contribution is 0.0983. The van der Waals surface area contributed by atoms with Crippen molar-refractivity contribution >= 4 is 44.4 Å². The van der Waals surface area contributed by atoms with E-state index in [1.54, 1.807) is 22.7 Å². The molecule has 148 valence electrons. The number of fused-ring (bicyclic) bond motifs is 1. The summed E-state index contributed by atoms with van der Waals surface area (Å²) < 4.78 is 14.9. The van der Waals surface area contributed by atoms with Gasteiger partial charge in [0.25, 0.3) is 5.91 Å². The first-order chi connectivity index (χ1) is 13.6. The molecule has 0 unspecified atom stereocenters. The third-order valence-corrected chi connectivity index (χ3v) is 6.45. The number of halogens is 1. The first-order valence-corrected chi connectivity index (χ1v) is 11.3. The van der Waals surface area contributed by atoms with Crippen LogP contribution < -0.4 is 4.90 Å². The van der Waals surface area contributed by atoms with Crippen molar-refractivity contribution in [2.45, 2.75) is 18.7 Å². The molecule has 3 aromatic rings. The van der Waals surface area contributed by atoms with Crippen LogP contribution in [-0.4, -0.2) is 48.2 Å². The van der Waals surface area contributed by atoms with Crippen LogP contribution in [0, 0.1) is 5.82 Å².